The molecular weight excluding hydrogens is 230 g/mol. The largest absolute Gasteiger partial charge is 0.393 e. The third-order valence-electron chi connectivity index (χ3n) is 2.49. The van der Waals surface area contributed by atoms with Crippen LogP contribution in [0.15, 0.2) is 0 Å². The molecule has 0 aliphatic carbocycles. The van der Waals surface area contributed by atoms with Gasteiger partial charge in [-0.2, -0.15) is 5.10 Å². The first-order valence-electron chi connectivity index (χ1n) is 4.96. The number of hydrogen-bond donors (Lipinski definition) is 1. The van der Waals surface area contributed by atoms with Crippen molar-refractivity contribution in [3.63, 3.8) is 0 Å². The van der Waals surface area contributed by atoms with E-state index in [4.69, 9.17) is 29.6 Å². The van der Waals surface area contributed by atoms with Crippen molar-refractivity contribution in [1.82, 2.24) is 9.78 Å². The Balaban J connectivity index is 3.01. The Hall–Kier alpha value is -0.610. The minimum Gasteiger partial charge on any atom is -0.393 e. The predicted molar refractivity (Wildman–Crippen MR) is 67.4 cm³/mol. The van der Waals surface area contributed by atoms with Crippen LogP contribution in [0.5, 0.6) is 0 Å². The van der Waals surface area contributed by atoms with Gasteiger partial charge in [-0.05, 0) is 20.3 Å². The summed E-state index contributed by atoms with van der Waals surface area (Å²) >= 11 is 11.0. The van der Waals surface area contributed by atoms with Crippen LogP contribution in [0.2, 0.25) is 5.02 Å². The van der Waals surface area contributed by atoms with Crippen molar-refractivity contribution >= 4 is 28.8 Å². The van der Waals surface area contributed by atoms with E-state index in [1.54, 1.807) is 0 Å². The van der Waals surface area contributed by atoms with Crippen LogP contribution in [0.1, 0.15) is 37.2 Å². The number of thiocarbonyl (C=S) groups is 1. The van der Waals surface area contributed by atoms with Gasteiger partial charge in [0.1, 0.15) is 0 Å². The molecule has 0 aromatic carbocycles. The molecule has 0 amide bonds. The topological polar surface area (TPSA) is 43.8 Å². The highest BCUT2D eigenvalue weighted by Crippen LogP contribution is 2.25. The maximum atomic E-state index is 6.09. The van der Waals surface area contributed by atoms with E-state index in [0.717, 1.165) is 22.8 Å². The van der Waals surface area contributed by atoms with Crippen LogP contribution >= 0.6 is 23.8 Å². The van der Waals surface area contributed by atoms with Gasteiger partial charge in [0.15, 0.2) is 0 Å². The Bertz CT molecular complexity index is 373. The molecule has 5 heteroatoms. The molecule has 0 aliphatic heterocycles. The average Bonchev–Trinajstić information content (AvgIpc) is 2.42. The van der Waals surface area contributed by atoms with Gasteiger partial charge < -0.3 is 5.73 Å². The Morgan fingerprint density at radius 1 is 1.60 bits per heavy atom. The lowest BCUT2D eigenvalue weighted by atomic mass is 10.1. The van der Waals surface area contributed by atoms with Crippen LogP contribution in [0.25, 0.3) is 0 Å². The van der Waals surface area contributed by atoms with E-state index in [2.05, 4.69) is 12.0 Å². The third-order valence-corrected chi connectivity index (χ3v) is 3.20. The Morgan fingerprint density at radius 3 is 2.53 bits per heavy atom. The van der Waals surface area contributed by atoms with E-state index in [9.17, 15) is 0 Å². The van der Waals surface area contributed by atoms with Crippen LogP contribution in [0, 0.1) is 13.8 Å². The first kappa shape index (κ1) is 12.5. The van der Waals surface area contributed by atoms with Crippen molar-refractivity contribution in [3.8, 4) is 0 Å². The molecule has 1 aromatic rings. The summed E-state index contributed by atoms with van der Waals surface area (Å²) in [4.78, 5) is 0.519. The summed E-state index contributed by atoms with van der Waals surface area (Å²) in [5.41, 5.74) is 7.40. The monoisotopic (exact) mass is 245 g/mol. The normalized spacial score (nSPS) is 12.8. The lowest BCUT2D eigenvalue weighted by Crippen LogP contribution is -2.19. The van der Waals surface area contributed by atoms with Crippen LogP contribution in [-0.2, 0) is 0 Å². The van der Waals surface area contributed by atoms with Crippen molar-refractivity contribution < 1.29 is 0 Å². The molecule has 0 spiro atoms. The van der Waals surface area contributed by atoms with Crippen LogP contribution < -0.4 is 5.73 Å². The molecule has 0 bridgehead atoms. The number of aryl methyl sites for hydroxylation is 1. The van der Waals surface area contributed by atoms with Crippen LogP contribution in [-0.4, -0.2) is 14.8 Å². The number of hydrogen-bond acceptors (Lipinski definition) is 2. The average molecular weight is 246 g/mol. The van der Waals surface area contributed by atoms with Gasteiger partial charge in [0.2, 0.25) is 0 Å². The zero-order valence-electron chi connectivity index (χ0n) is 9.25. The molecule has 0 saturated carbocycles. The lowest BCUT2D eigenvalue weighted by molar-refractivity contribution is 0.443. The van der Waals surface area contributed by atoms with Crippen molar-refractivity contribution in [2.45, 2.75) is 39.7 Å². The summed E-state index contributed by atoms with van der Waals surface area (Å²) in [6.07, 6.45) is 1.61. The summed E-state index contributed by atoms with van der Waals surface area (Å²) in [7, 11) is 0. The quantitative estimate of drug-likeness (QED) is 0.830. The molecule has 1 atom stereocenters. The standard InChI is InChI=1S/C10H16ClN3S/c1-4-8(5-9(12)15)14-7(3)10(11)6(2)13-14/h8H,4-5H2,1-3H3,(H2,12,15). The van der Waals surface area contributed by atoms with E-state index in [1.165, 1.54) is 0 Å². The van der Waals surface area contributed by atoms with Gasteiger partial charge in [-0.25, -0.2) is 0 Å². The zero-order chi connectivity index (χ0) is 11.6. The first-order valence-corrected chi connectivity index (χ1v) is 5.75. The van der Waals surface area contributed by atoms with Gasteiger partial charge in [-0.15, -0.1) is 0 Å². The highest BCUT2D eigenvalue weighted by atomic mass is 35.5. The van der Waals surface area contributed by atoms with Crippen molar-refractivity contribution in [2.24, 2.45) is 5.73 Å². The number of nitrogens with zero attached hydrogens (tertiary/aromatic N) is 2. The van der Waals surface area contributed by atoms with E-state index in [1.807, 2.05) is 18.5 Å². The van der Waals surface area contributed by atoms with Gasteiger partial charge in [-0.1, -0.05) is 30.7 Å². The van der Waals surface area contributed by atoms with E-state index in [0.29, 0.717) is 11.4 Å². The molecule has 1 heterocycles. The Morgan fingerprint density at radius 2 is 2.20 bits per heavy atom. The molecule has 1 unspecified atom stereocenters. The molecule has 0 saturated heterocycles. The van der Waals surface area contributed by atoms with E-state index >= 15 is 0 Å². The molecule has 84 valence electrons. The maximum absolute atomic E-state index is 6.09. The van der Waals surface area contributed by atoms with Gasteiger partial charge in [-0.3, -0.25) is 4.68 Å². The highest BCUT2D eigenvalue weighted by Gasteiger charge is 2.17. The number of rotatable bonds is 4. The van der Waals surface area contributed by atoms with E-state index in [-0.39, 0.29) is 6.04 Å². The molecule has 1 aromatic heterocycles. The van der Waals surface area contributed by atoms with Crippen LogP contribution in [0.3, 0.4) is 0 Å². The van der Waals surface area contributed by atoms with Crippen LogP contribution in [0.4, 0.5) is 0 Å². The number of nitrogens with two attached hydrogens (primary N) is 1. The summed E-state index contributed by atoms with van der Waals surface area (Å²) in [5.74, 6) is 0. The second-order valence-electron chi connectivity index (χ2n) is 3.66. The van der Waals surface area contributed by atoms with Crippen molar-refractivity contribution in [3.05, 3.63) is 16.4 Å². The van der Waals surface area contributed by atoms with Gasteiger partial charge in [0, 0.05) is 6.42 Å². The minimum absolute atomic E-state index is 0.216. The number of halogens is 1. The molecule has 2 N–H and O–H groups in total. The predicted octanol–water partition coefficient (Wildman–Crippen LogP) is 2.78. The van der Waals surface area contributed by atoms with E-state index < -0.39 is 0 Å². The summed E-state index contributed by atoms with van der Waals surface area (Å²) in [6.45, 7) is 5.96. The van der Waals surface area contributed by atoms with Crippen molar-refractivity contribution in [2.75, 3.05) is 0 Å². The summed E-state index contributed by atoms with van der Waals surface area (Å²) in [5, 5.41) is 5.14. The lowest BCUT2D eigenvalue weighted by Gasteiger charge is -2.16. The highest BCUT2D eigenvalue weighted by molar-refractivity contribution is 7.80. The fourth-order valence-corrected chi connectivity index (χ4v) is 1.95. The Kier molecular flexibility index (Phi) is 4.11. The second-order valence-corrected chi connectivity index (χ2v) is 4.56. The summed E-state index contributed by atoms with van der Waals surface area (Å²) in [6, 6.07) is 0.216. The molecular formula is C10H16ClN3S. The zero-order valence-corrected chi connectivity index (χ0v) is 10.8. The first-order chi connectivity index (χ1) is 6.97. The molecule has 1 rings (SSSR count). The summed E-state index contributed by atoms with van der Waals surface area (Å²) < 4.78 is 1.93. The molecule has 15 heavy (non-hydrogen) atoms. The third kappa shape index (κ3) is 2.69. The molecule has 3 nitrogen and oxygen atoms in total. The fraction of sp³-hybridized carbons (Fsp3) is 0.600. The second kappa shape index (κ2) is 4.94. The fourth-order valence-electron chi connectivity index (χ4n) is 1.63. The van der Waals surface area contributed by atoms with Gasteiger partial charge >= 0.3 is 0 Å². The molecule has 0 fully saturated rings. The SMILES string of the molecule is CCC(CC(N)=S)n1nc(C)c(Cl)c1C. The maximum Gasteiger partial charge on any atom is 0.0844 e. The van der Waals surface area contributed by atoms with Gasteiger partial charge in [0.05, 0.1) is 27.4 Å². The molecule has 0 aliphatic rings. The smallest absolute Gasteiger partial charge is 0.0844 e. The molecule has 0 radical (unpaired) electrons. The Labute approximate surface area is 101 Å². The number of aromatic nitrogens is 2. The van der Waals surface area contributed by atoms with Gasteiger partial charge in [0.25, 0.3) is 0 Å². The van der Waals surface area contributed by atoms with Crippen molar-refractivity contribution in [1.29, 1.82) is 0 Å². The minimum atomic E-state index is 0.216.